The summed E-state index contributed by atoms with van der Waals surface area (Å²) in [7, 11) is 0. The Morgan fingerprint density at radius 3 is 2.27 bits per heavy atom. The van der Waals surface area contributed by atoms with E-state index < -0.39 is 17.6 Å². The normalized spacial score (nSPS) is 21.8. The third-order valence-electron chi connectivity index (χ3n) is 6.66. The van der Waals surface area contributed by atoms with Crippen LogP contribution in [-0.2, 0) is 9.53 Å². The summed E-state index contributed by atoms with van der Waals surface area (Å²) in [4.78, 5) is 42.5. The number of piperidine rings is 1. The van der Waals surface area contributed by atoms with Crippen molar-refractivity contribution in [3.63, 3.8) is 0 Å². The fourth-order valence-electron chi connectivity index (χ4n) is 4.68. The molecule has 3 aliphatic rings. The molecule has 1 atom stereocenters. The second kappa shape index (κ2) is 8.59. The van der Waals surface area contributed by atoms with E-state index in [4.69, 9.17) is 4.74 Å². The molecule has 0 aromatic heterocycles. The molecule has 2 aromatic carbocycles. The zero-order valence-electron chi connectivity index (χ0n) is 18.2. The van der Waals surface area contributed by atoms with Crippen LogP contribution in [0.5, 0.6) is 0 Å². The van der Waals surface area contributed by atoms with Crippen molar-refractivity contribution >= 4 is 17.7 Å². The Balaban J connectivity index is 1.38. The second-order valence-corrected chi connectivity index (χ2v) is 8.87. The Kier molecular flexibility index (Phi) is 5.62. The molecule has 172 valence electrons. The van der Waals surface area contributed by atoms with Crippen molar-refractivity contribution in [2.24, 2.45) is 0 Å². The van der Waals surface area contributed by atoms with E-state index in [0.717, 1.165) is 12.8 Å². The number of nitrogens with zero attached hydrogens (tertiary/aromatic N) is 2. The fraction of sp³-hybridized carbons (Fsp3) is 0.400. The molecular weight excluding hydrogens is 425 g/mol. The van der Waals surface area contributed by atoms with Gasteiger partial charge in [0.1, 0.15) is 17.6 Å². The number of amides is 3. The third kappa shape index (κ3) is 4.11. The summed E-state index contributed by atoms with van der Waals surface area (Å²) in [6.45, 7) is 0.698. The highest BCUT2D eigenvalue weighted by Gasteiger charge is 2.54. The summed E-state index contributed by atoms with van der Waals surface area (Å²) in [5, 5.41) is 2.99. The monoisotopic (exact) mass is 451 g/mol. The summed E-state index contributed by atoms with van der Waals surface area (Å²) in [5.74, 6) is -1.41. The zero-order chi connectivity index (χ0) is 23.0. The molecule has 1 N–H and O–H groups in total. The number of carbonyl (C=O) groups excluding carboxylic acids is 3. The molecule has 1 unspecified atom stereocenters. The molecular formula is C25H26FN3O4. The average Bonchev–Trinajstić information content (AvgIpc) is 3.58. The van der Waals surface area contributed by atoms with Crippen molar-refractivity contribution < 1.29 is 23.5 Å². The first-order chi connectivity index (χ1) is 16.0. The van der Waals surface area contributed by atoms with Gasteiger partial charge in [0.15, 0.2) is 0 Å². The Bertz CT molecular complexity index is 1060. The maximum Gasteiger partial charge on any atom is 0.256 e. The van der Waals surface area contributed by atoms with E-state index in [1.165, 1.54) is 12.1 Å². The Morgan fingerprint density at radius 1 is 0.939 bits per heavy atom. The maximum absolute atomic E-state index is 14.1. The van der Waals surface area contributed by atoms with Crippen LogP contribution in [-0.4, -0.2) is 65.0 Å². The van der Waals surface area contributed by atoms with Crippen LogP contribution in [0.25, 0.3) is 0 Å². The van der Waals surface area contributed by atoms with Crippen molar-refractivity contribution in [1.29, 1.82) is 0 Å². The average molecular weight is 451 g/mol. The SMILES string of the molecule is O=C(NC1CC1)C1COC2(CCN(C(=O)c3ccccc3F)CC2)N1C(=O)c1ccccc1. The molecule has 2 heterocycles. The largest absolute Gasteiger partial charge is 0.353 e. The fourth-order valence-corrected chi connectivity index (χ4v) is 4.68. The molecule has 3 fully saturated rings. The van der Waals surface area contributed by atoms with E-state index in [9.17, 15) is 18.8 Å². The van der Waals surface area contributed by atoms with Crippen LogP contribution in [0.1, 0.15) is 46.4 Å². The lowest BCUT2D eigenvalue weighted by Gasteiger charge is -2.44. The number of ether oxygens (including phenoxy) is 1. The Labute approximate surface area is 191 Å². The number of hydrogen-bond donors (Lipinski definition) is 1. The molecule has 5 rings (SSSR count). The topological polar surface area (TPSA) is 79.0 Å². The molecule has 1 saturated carbocycles. The summed E-state index contributed by atoms with van der Waals surface area (Å²) in [6.07, 6.45) is 2.59. The van der Waals surface area contributed by atoms with Gasteiger partial charge in [-0.15, -0.1) is 0 Å². The van der Waals surface area contributed by atoms with E-state index in [1.54, 1.807) is 46.2 Å². The van der Waals surface area contributed by atoms with Crippen molar-refractivity contribution in [3.05, 3.63) is 71.5 Å². The van der Waals surface area contributed by atoms with Gasteiger partial charge in [0.05, 0.1) is 12.2 Å². The van der Waals surface area contributed by atoms with Gasteiger partial charge in [-0.05, 0) is 37.1 Å². The number of hydrogen-bond acceptors (Lipinski definition) is 4. The molecule has 1 spiro atoms. The number of likely N-dealkylation sites (tertiary alicyclic amines) is 1. The zero-order valence-corrected chi connectivity index (χ0v) is 18.2. The van der Waals surface area contributed by atoms with Crippen LogP contribution in [0.2, 0.25) is 0 Å². The van der Waals surface area contributed by atoms with Gasteiger partial charge in [-0.2, -0.15) is 0 Å². The first kappa shape index (κ1) is 21.6. The molecule has 3 amide bonds. The standard InChI is InChI=1S/C25H26FN3O4/c26-20-9-5-4-8-19(20)24(32)28-14-12-25(13-15-28)29(23(31)17-6-2-1-3-7-17)21(16-33-25)22(30)27-18-10-11-18/h1-9,18,21H,10-16H2,(H,27,30). The highest BCUT2D eigenvalue weighted by atomic mass is 19.1. The van der Waals surface area contributed by atoms with Crippen molar-refractivity contribution in [1.82, 2.24) is 15.1 Å². The molecule has 0 radical (unpaired) electrons. The van der Waals surface area contributed by atoms with E-state index in [-0.39, 0.29) is 35.9 Å². The van der Waals surface area contributed by atoms with E-state index >= 15 is 0 Å². The van der Waals surface area contributed by atoms with Gasteiger partial charge in [0.2, 0.25) is 5.91 Å². The minimum Gasteiger partial charge on any atom is -0.353 e. The van der Waals surface area contributed by atoms with Crippen LogP contribution in [0.3, 0.4) is 0 Å². The molecule has 1 aliphatic carbocycles. The third-order valence-corrected chi connectivity index (χ3v) is 6.66. The summed E-state index contributed by atoms with van der Waals surface area (Å²) >= 11 is 0. The molecule has 8 heteroatoms. The van der Waals surface area contributed by atoms with Crippen molar-refractivity contribution in [3.8, 4) is 0 Å². The molecule has 2 aliphatic heterocycles. The van der Waals surface area contributed by atoms with Crippen molar-refractivity contribution in [2.75, 3.05) is 19.7 Å². The minimum atomic E-state index is -0.982. The van der Waals surface area contributed by atoms with Gasteiger partial charge < -0.3 is 15.0 Å². The lowest BCUT2D eigenvalue weighted by Crippen LogP contribution is -2.60. The maximum atomic E-state index is 14.1. The van der Waals surface area contributed by atoms with Gasteiger partial charge in [0, 0.05) is 37.5 Å². The highest BCUT2D eigenvalue weighted by molar-refractivity contribution is 5.98. The summed E-state index contributed by atoms with van der Waals surface area (Å²) in [5.41, 5.74) is -0.471. The van der Waals surface area contributed by atoms with Gasteiger partial charge in [-0.3, -0.25) is 19.3 Å². The predicted octanol–water partition coefficient (Wildman–Crippen LogP) is 2.58. The van der Waals surface area contributed by atoms with Gasteiger partial charge in [0.25, 0.3) is 11.8 Å². The van der Waals surface area contributed by atoms with Gasteiger partial charge in [-0.25, -0.2) is 4.39 Å². The predicted molar refractivity (Wildman–Crippen MR) is 118 cm³/mol. The Morgan fingerprint density at radius 2 is 1.61 bits per heavy atom. The van der Waals surface area contributed by atoms with E-state index in [2.05, 4.69) is 5.32 Å². The first-order valence-electron chi connectivity index (χ1n) is 11.4. The van der Waals surface area contributed by atoms with Gasteiger partial charge >= 0.3 is 0 Å². The van der Waals surface area contributed by atoms with Crippen LogP contribution < -0.4 is 5.32 Å². The lowest BCUT2D eigenvalue weighted by molar-refractivity contribution is -0.128. The first-order valence-corrected chi connectivity index (χ1v) is 11.4. The summed E-state index contributed by atoms with van der Waals surface area (Å²) < 4.78 is 20.3. The molecule has 7 nitrogen and oxygen atoms in total. The second-order valence-electron chi connectivity index (χ2n) is 8.87. The van der Waals surface area contributed by atoms with Crippen molar-refractivity contribution in [2.45, 2.75) is 43.5 Å². The van der Waals surface area contributed by atoms with Crippen LogP contribution in [0.4, 0.5) is 4.39 Å². The molecule has 2 saturated heterocycles. The van der Waals surface area contributed by atoms with Crippen LogP contribution >= 0.6 is 0 Å². The van der Waals surface area contributed by atoms with Crippen LogP contribution in [0, 0.1) is 5.82 Å². The number of carbonyl (C=O) groups is 3. The Hall–Kier alpha value is -3.26. The number of nitrogens with one attached hydrogen (secondary N) is 1. The molecule has 0 bridgehead atoms. The van der Waals surface area contributed by atoms with Crippen LogP contribution in [0.15, 0.2) is 54.6 Å². The molecule has 2 aromatic rings. The summed E-state index contributed by atoms with van der Waals surface area (Å²) in [6, 6.07) is 14.2. The molecule has 33 heavy (non-hydrogen) atoms. The number of rotatable bonds is 4. The van der Waals surface area contributed by atoms with Gasteiger partial charge in [-0.1, -0.05) is 30.3 Å². The van der Waals surface area contributed by atoms with E-state index in [0.29, 0.717) is 31.5 Å². The smallest absolute Gasteiger partial charge is 0.256 e. The quantitative estimate of drug-likeness (QED) is 0.775. The minimum absolute atomic E-state index is 0.0275. The van der Waals surface area contributed by atoms with E-state index in [1.807, 2.05) is 6.07 Å². The number of benzene rings is 2. The lowest BCUT2D eigenvalue weighted by atomic mass is 9.96. The highest BCUT2D eigenvalue weighted by Crippen LogP contribution is 2.39. The number of halogens is 1.